The van der Waals surface area contributed by atoms with Gasteiger partial charge in [0, 0.05) is 10.7 Å². The van der Waals surface area contributed by atoms with Crippen LogP contribution in [0.25, 0.3) is 0 Å². The molecule has 9 heteroatoms. The van der Waals surface area contributed by atoms with Crippen LogP contribution in [0.3, 0.4) is 0 Å². The fraction of sp³-hybridized carbons (Fsp3) is 0.250. The first-order chi connectivity index (χ1) is 9.71. The summed E-state index contributed by atoms with van der Waals surface area (Å²) >= 11 is 8.10. The molecule has 0 N–H and O–H groups in total. The molecule has 0 spiro atoms. The van der Waals surface area contributed by atoms with Gasteiger partial charge in [-0.15, -0.1) is 0 Å². The Balaban J connectivity index is 2.29. The van der Waals surface area contributed by atoms with Crippen molar-refractivity contribution in [3.63, 3.8) is 0 Å². The van der Waals surface area contributed by atoms with E-state index < -0.39 is 21.1 Å². The molecule has 0 saturated carbocycles. The topological polar surface area (TPSA) is 49.7 Å². The average Bonchev–Trinajstić information content (AvgIpc) is 2.64. The number of hydrogen-bond acceptors (Lipinski definition) is 3. The number of sulfonamides is 1. The molecule has 1 aromatic carbocycles. The minimum absolute atomic E-state index is 0.0363. The molecule has 0 radical (unpaired) electrons. The van der Waals surface area contributed by atoms with E-state index in [-0.39, 0.29) is 18.0 Å². The van der Waals surface area contributed by atoms with Crippen LogP contribution < -0.4 is 0 Å². The van der Waals surface area contributed by atoms with E-state index in [1.165, 1.54) is 12.1 Å². The molecule has 0 aromatic heterocycles. The van der Waals surface area contributed by atoms with E-state index in [1.807, 2.05) is 0 Å². The highest BCUT2D eigenvalue weighted by molar-refractivity contribution is 9.10. The Bertz CT molecular complexity index is 684. The minimum atomic E-state index is -3.81. The first-order valence-electron chi connectivity index (χ1n) is 5.78. The second kappa shape index (κ2) is 6.02. The highest BCUT2D eigenvalue weighted by Gasteiger charge is 2.32. The fourth-order valence-electron chi connectivity index (χ4n) is 1.68. The van der Waals surface area contributed by atoms with Crippen LogP contribution in [-0.2, 0) is 10.0 Å². The molecular weight excluding hydrogens is 390 g/mol. The summed E-state index contributed by atoms with van der Waals surface area (Å²) in [6.45, 7) is -0.133. The molecule has 0 unspecified atom stereocenters. The number of benzene rings is 1. The molecule has 0 saturated heterocycles. The predicted molar refractivity (Wildman–Crippen MR) is 80.3 cm³/mol. The van der Waals surface area contributed by atoms with Gasteiger partial charge in [-0.1, -0.05) is 15.9 Å². The van der Waals surface area contributed by atoms with Crippen LogP contribution >= 0.6 is 27.5 Å². The van der Waals surface area contributed by atoms with Crippen molar-refractivity contribution in [2.24, 2.45) is 4.99 Å². The first kappa shape index (κ1) is 16.4. The van der Waals surface area contributed by atoms with Gasteiger partial charge >= 0.3 is 5.38 Å². The molecule has 21 heavy (non-hydrogen) atoms. The Morgan fingerprint density at radius 1 is 1.29 bits per heavy atom. The van der Waals surface area contributed by atoms with Gasteiger partial charge in [0.15, 0.2) is 0 Å². The van der Waals surface area contributed by atoms with Crippen LogP contribution in [0.15, 0.2) is 50.9 Å². The van der Waals surface area contributed by atoms with Gasteiger partial charge in [-0.05, 0) is 41.9 Å². The monoisotopic (exact) mass is 398 g/mol. The molecule has 0 fully saturated rings. The highest BCUT2D eigenvalue weighted by atomic mass is 79.9. The normalized spacial score (nSPS) is 16.6. The maximum absolute atomic E-state index is 13.0. The molecule has 114 valence electrons. The smallest absolute Gasteiger partial charge is 0.280 e. The van der Waals surface area contributed by atoms with Crippen LogP contribution in [0.1, 0.15) is 0 Å². The first-order valence-corrected chi connectivity index (χ1v) is 8.39. The molecule has 0 amide bonds. The fourth-order valence-corrected chi connectivity index (χ4v) is 3.36. The second-order valence-corrected chi connectivity index (χ2v) is 7.43. The molecule has 0 bridgehead atoms. The number of halogens is 4. The lowest BCUT2D eigenvalue weighted by Crippen LogP contribution is -2.27. The van der Waals surface area contributed by atoms with Crippen LogP contribution in [0.5, 0.6) is 0 Å². The van der Waals surface area contributed by atoms with E-state index in [9.17, 15) is 17.2 Å². The number of nitrogens with zero attached hydrogens (tertiary/aromatic N) is 2. The summed E-state index contributed by atoms with van der Waals surface area (Å²) in [6, 6.07) is 6.03. The molecule has 0 aliphatic carbocycles. The third-order valence-electron chi connectivity index (χ3n) is 2.71. The predicted octanol–water partition coefficient (Wildman–Crippen LogP) is 3.24. The van der Waals surface area contributed by atoms with Gasteiger partial charge in [-0.25, -0.2) is 8.42 Å². The van der Waals surface area contributed by atoms with Gasteiger partial charge in [0.25, 0.3) is 10.0 Å². The zero-order valence-corrected chi connectivity index (χ0v) is 13.7. The Hall–Kier alpha value is -0.990. The van der Waals surface area contributed by atoms with Gasteiger partial charge in [0.2, 0.25) is 0 Å². The third-order valence-corrected chi connectivity index (χ3v) is 5.22. The average molecular weight is 400 g/mol. The van der Waals surface area contributed by atoms with E-state index >= 15 is 0 Å². The lowest BCUT2D eigenvalue weighted by Gasteiger charge is -2.18. The van der Waals surface area contributed by atoms with Crippen LogP contribution in [0.2, 0.25) is 0 Å². The zero-order chi connectivity index (χ0) is 15.7. The van der Waals surface area contributed by atoms with E-state index in [2.05, 4.69) is 20.9 Å². The highest BCUT2D eigenvalue weighted by Crippen LogP contribution is 2.24. The molecule has 1 aromatic rings. The van der Waals surface area contributed by atoms with E-state index in [0.29, 0.717) is 0 Å². The maximum Gasteiger partial charge on any atom is 0.364 e. The van der Waals surface area contributed by atoms with Crippen molar-refractivity contribution in [2.45, 2.75) is 10.3 Å². The van der Waals surface area contributed by atoms with Crippen molar-refractivity contribution >= 4 is 43.3 Å². The molecule has 4 nitrogen and oxygen atoms in total. The SMILES string of the molecule is O=S(=O)(c1ccc(Br)cc1)N1C=CC(C(F)(F)Cl)=NCC1. The largest absolute Gasteiger partial charge is 0.364 e. The number of hydrogen-bond donors (Lipinski definition) is 0. The van der Waals surface area contributed by atoms with Crippen molar-refractivity contribution in [2.75, 3.05) is 13.1 Å². The molecule has 2 rings (SSSR count). The number of rotatable bonds is 3. The van der Waals surface area contributed by atoms with E-state index in [4.69, 9.17) is 11.6 Å². The van der Waals surface area contributed by atoms with Crippen molar-refractivity contribution in [1.82, 2.24) is 4.31 Å². The van der Waals surface area contributed by atoms with Crippen molar-refractivity contribution in [1.29, 1.82) is 0 Å². The lowest BCUT2D eigenvalue weighted by atomic mass is 10.4. The Morgan fingerprint density at radius 3 is 2.48 bits per heavy atom. The molecular formula is C12H10BrClF2N2O2S. The number of allylic oxidation sites excluding steroid dienone is 1. The van der Waals surface area contributed by atoms with Crippen LogP contribution in [0.4, 0.5) is 8.78 Å². The summed E-state index contributed by atoms with van der Waals surface area (Å²) in [4.78, 5) is 3.67. The van der Waals surface area contributed by atoms with Crippen molar-refractivity contribution < 1.29 is 17.2 Å². The van der Waals surface area contributed by atoms with E-state index in [0.717, 1.165) is 21.1 Å². The van der Waals surface area contributed by atoms with Gasteiger partial charge < -0.3 is 0 Å². The lowest BCUT2D eigenvalue weighted by molar-refractivity contribution is 0.176. The van der Waals surface area contributed by atoms with E-state index in [1.54, 1.807) is 12.1 Å². The summed E-state index contributed by atoms with van der Waals surface area (Å²) in [5.41, 5.74) is -0.655. The van der Waals surface area contributed by atoms with Crippen LogP contribution in [0, 0.1) is 0 Å². The summed E-state index contributed by atoms with van der Waals surface area (Å²) in [5, 5.41) is -3.62. The van der Waals surface area contributed by atoms with Crippen LogP contribution in [-0.4, -0.2) is 36.9 Å². The second-order valence-electron chi connectivity index (χ2n) is 4.15. The van der Waals surface area contributed by atoms with Gasteiger partial charge in [0.05, 0.1) is 18.0 Å². The molecule has 0 atom stereocenters. The third kappa shape index (κ3) is 3.81. The Kier molecular flexibility index (Phi) is 4.69. The zero-order valence-electron chi connectivity index (χ0n) is 10.5. The summed E-state index contributed by atoms with van der Waals surface area (Å²) in [7, 11) is -3.81. The number of aliphatic imine (C=N–C) groups is 1. The Labute approximate surface area is 134 Å². The number of alkyl halides is 3. The van der Waals surface area contributed by atoms with Gasteiger partial charge in [-0.3, -0.25) is 9.30 Å². The van der Waals surface area contributed by atoms with Gasteiger partial charge in [-0.2, -0.15) is 8.78 Å². The molecule has 1 aliphatic rings. The summed E-state index contributed by atoms with van der Waals surface area (Å²) in [5.74, 6) is 0. The Morgan fingerprint density at radius 2 is 1.90 bits per heavy atom. The minimum Gasteiger partial charge on any atom is -0.280 e. The quantitative estimate of drug-likeness (QED) is 0.733. The maximum atomic E-state index is 13.0. The van der Waals surface area contributed by atoms with Gasteiger partial charge in [0.1, 0.15) is 5.71 Å². The summed E-state index contributed by atoms with van der Waals surface area (Å²) < 4.78 is 52.5. The molecule has 1 aliphatic heterocycles. The standard InChI is InChI=1S/C12H10BrClF2N2O2S/c13-9-1-3-10(4-2-9)21(19,20)18-7-5-11(12(14,15)16)17-6-8-18/h1-5,7H,6,8H2. The van der Waals surface area contributed by atoms with Crippen molar-refractivity contribution in [3.05, 3.63) is 41.0 Å². The molecule has 1 heterocycles. The van der Waals surface area contributed by atoms with Crippen molar-refractivity contribution in [3.8, 4) is 0 Å². The summed E-state index contributed by atoms with van der Waals surface area (Å²) in [6.07, 6.45) is 1.97.